The number of nitrogens with one attached hydrogen (secondary N) is 1. The van der Waals surface area contributed by atoms with E-state index in [1.165, 1.54) is 31.7 Å². The van der Waals surface area contributed by atoms with E-state index in [1.54, 1.807) is 23.5 Å². The summed E-state index contributed by atoms with van der Waals surface area (Å²) in [5.74, 6) is 0.838. The summed E-state index contributed by atoms with van der Waals surface area (Å²) >= 11 is 1.64. The second kappa shape index (κ2) is 9.34. The van der Waals surface area contributed by atoms with Crippen LogP contribution in [0.15, 0.2) is 29.6 Å². The van der Waals surface area contributed by atoms with Crippen molar-refractivity contribution >= 4 is 28.3 Å². The van der Waals surface area contributed by atoms with E-state index in [1.807, 2.05) is 0 Å². The number of carbonyl (C=O) groups excluding carboxylic acids is 1. The summed E-state index contributed by atoms with van der Waals surface area (Å²) < 4.78 is 16.5. The van der Waals surface area contributed by atoms with Crippen LogP contribution in [-0.2, 0) is 4.79 Å². The summed E-state index contributed by atoms with van der Waals surface area (Å²) in [7, 11) is 0. The Morgan fingerprint density at radius 1 is 1.09 bits per heavy atom. The van der Waals surface area contributed by atoms with Crippen molar-refractivity contribution in [1.82, 2.24) is 14.9 Å². The third kappa shape index (κ3) is 4.21. The first-order valence-electron chi connectivity index (χ1n) is 12.1. The normalized spacial score (nSPS) is 19.3. The molecular formula is C26H32FN3OS. The van der Waals surface area contributed by atoms with E-state index < -0.39 is 0 Å². The van der Waals surface area contributed by atoms with Crippen LogP contribution in [0.4, 0.5) is 4.39 Å². The molecule has 0 saturated heterocycles. The molecule has 0 spiro atoms. The molecule has 4 nitrogen and oxygen atoms in total. The Hall–Kier alpha value is -2.21. The van der Waals surface area contributed by atoms with E-state index in [4.69, 9.17) is 4.98 Å². The Morgan fingerprint density at radius 3 is 2.50 bits per heavy atom. The number of amides is 1. The predicted octanol–water partition coefficient (Wildman–Crippen LogP) is 6.78. The summed E-state index contributed by atoms with van der Waals surface area (Å²) in [4.78, 5) is 19.9. The van der Waals surface area contributed by atoms with Crippen molar-refractivity contribution in [3.63, 3.8) is 0 Å². The van der Waals surface area contributed by atoms with Gasteiger partial charge in [-0.05, 0) is 73.7 Å². The molecular weight excluding hydrogens is 421 g/mol. The minimum atomic E-state index is -0.361. The smallest absolute Gasteiger partial charge is 0.243 e. The lowest BCUT2D eigenvalue weighted by atomic mass is 9.82. The van der Waals surface area contributed by atoms with Crippen LogP contribution in [0.25, 0.3) is 21.7 Å². The highest BCUT2D eigenvalue weighted by Crippen LogP contribution is 2.40. The Morgan fingerprint density at radius 2 is 1.81 bits per heavy atom. The van der Waals surface area contributed by atoms with Crippen LogP contribution in [0.3, 0.4) is 0 Å². The molecule has 0 bridgehead atoms. The van der Waals surface area contributed by atoms with Crippen molar-refractivity contribution in [2.24, 2.45) is 5.92 Å². The quantitative estimate of drug-likeness (QED) is 0.463. The molecule has 170 valence electrons. The van der Waals surface area contributed by atoms with Gasteiger partial charge in [-0.2, -0.15) is 0 Å². The second-order valence-electron chi connectivity index (χ2n) is 9.56. The van der Waals surface area contributed by atoms with E-state index in [2.05, 4.69) is 28.3 Å². The van der Waals surface area contributed by atoms with Crippen molar-refractivity contribution in [3.05, 3.63) is 41.0 Å². The SMILES string of the molecule is Cc1ccsc1-c1nc2ccc(F)cc2n1[C@H](C(=O)NC1CCCCC1)C1CCCCC1. The summed E-state index contributed by atoms with van der Waals surface area (Å²) in [6.07, 6.45) is 11.3. The van der Waals surface area contributed by atoms with Crippen LogP contribution in [0.2, 0.25) is 0 Å². The van der Waals surface area contributed by atoms with Crippen LogP contribution in [0.5, 0.6) is 0 Å². The molecule has 2 saturated carbocycles. The summed E-state index contributed by atoms with van der Waals surface area (Å²) in [6.45, 7) is 2.08. The fourth-order valence-corrected chi connectivity index (χ4v) is 6.55. The van der Waals surface area contributed by atoms with Crippen molar-refractivity contribution in [2.45, 2.75) is 83.2 Å². The van der Waals surface area contributed by atoms with Gasteiger partial charge in [0.1, 0.15) is 11.9 Å². The molecule has 1 N–H and O–H groups in total. The molecule has 32 heavy (non-hydrogen) atoms. The summed E-state index contributed by atoms with van der Waals surface area (Å²) in [6, 6.07) is 6.73. The van der Waals surface area contributed by atoms with Gasteiger partial charge in [-0.1, -0.05) is 38.5 Å². The zero-order valence-electron chi connectivity index (χ0n) is 18.8. The lowest BCUT2D eigenvalue weighted by molar-refractivity contribution is -0.127. The van der Waals surface area contributed by atoms with Crippen molar-refractivity contribution in [2.75, 3.05) is 0 Å². The van der Waals surface area contributed by atoms with E-state index >= 15 is 0 Å². The number of fused-ring (bicyclic) bond motifs is 1. The maximum Gasteiger partial charge on any atom is 0.243 e. The van der Waals surface area contributed by atoms with E-state index in [0.717, 1.165) is 65.8 Å². The van der Waals surface area contributed by atoms with Gasteiger partial charge >= 0.3 is 0 Å². The molecule has 2 fully saturated rings. The van der Waals surface area contributed by atoms with Crippen LogP contribution in [0, 0.1) is 18.7 Å². The van der Waals surface area contributed by atoms with E-state index in [9.17, 15) is 9.18 Å². The number of imidazole rings is 1. The molecule has 2 aliphatic carbocycles. The minimum Gasteiger partial charge on any atom is -0.352 e. The molecule has 2 aromatic heterocycles. The molecule has 0 radical (unpaired) electrons. The lowest BCUT2D eigenvalue weighted by Crippen LogP contribution is -2.43. The molecule has 0 aliphatic heterocycles. The van der Waals surface area contributed by atoms with Crippen LogP contribution >= 0.6 is 11.3 Å². The van der Waals surface area contributed by atoms with Gasteiger partial charge in [0, 0.05) is 6.04 Å². The number of thiophene rings is 1. The van der Waals surface area contributed by atoms with Gasteiger partial charge < -0.3 is 9.88 Å². The molecule has 1 aromatic carbocycles. The van der Waals surface area contributed by atoms with E-state index in [0.29, 0.717) is 0 Å². The number of aromatic nitrogens is 2. The van der Waals surface area contributed by atoms with Gasteiger partial charge in [-0.25, -0.2) is 9.37 Å². The summed E-state index contributed by atoms with van der Waals surface area (Å²) in [5.41, 5.74) is 2.62. The first-order valence-corrected chi connectivity index (χ1v) is 13.0. The average molecular weight is 454 g/mol. The second-order valence-corrected chi connectivity index (χ2v) is 10.5. The number of nitrogens with zero attached hydrogens (tertiary/aromatic N) is 2. The molecule has 5 rings (SSSR count). The molecule has 3 aromatic rings. The fourth-order valence-electron chi connectivity index (χ4n) is 5.64. The van der Waals surface area contributed by atoms with Crippen molar-refractivity contribution in [1.29, 1.82) is 0 Å². The van der Waals surface area contributed by atoms with Crippen molar-refractivity contribution < 1.29 is 9.18 Å². The minimum absolute atomic E-state index is 0.0859. The zero-order valence-corrected chi connectivity index (χ0v) is 19.6. The number of carbonyl (C=O) groups is 1. The van der Waals surface area contributed by atoms with Gasteiger partial charge in [0.2, 0.25) is 5.91 Å². The van der Waals surface area contributed by atoms with Gasteiger partial charge in [-0.3, -0.25) is 4.79 Å². The highest BCUT2D eigenvalue weighted by molar-refractivity contribution is 7.13. The Balaban J connectivity index is 1.64. The average Bonchev–Trinajstić information content (AvgIpc) is 3.38. The summed E-state index contributed by atoms with van der Waals surface area (Å²) in [5, 5.41) is 5.46. The number of hydrogen-bond acceptors (Lipinski definition) is 3. The largest absolute Gasteiger partial charge is 0.352 e. The Labute approximate surface area is 193 Å². The molecule has 2 aliphatic rings. The number of benzene rings is 1. The van der Waals surface area contributed by atoms with Crippen molar-refractivity contribution in [3.8, 4) is 10.7 Å². The standard InChI is InChI=1S/C26H32FN3OS/c1-17-14-15-32-24(17)25-29-21-13-12-19(27)16-22(21)30(25)23(18-8-4-2-5-9-18)26(31)28-20-10-6-3-7-11-20/h12-16,18,20,23H,2-11H2,1H3,(H,28,31)/t23-/m0/s1. The fraction of sp³-hybridized carbons (Fsp3) is 0.538. The number of rotatable bonds is 5. The van der Waals surface area contributed by atoms with Crippen LogP contribution in [0.1, 0.15) is 75.8 Å². The maximum absolute atomic E-state index is 14.4. The Kier molecular flexibility index (Phi) is 6.31. The molecule has 0 unspecified atom stereocenters. The van der Waals surface area contributed by atoms with Crippen LogP contribution < -0.4 is 5.32 Å². The number of aryl methyl sites for hydroxylation is 1. The predicted molar refractivity (Wildman–Crippen MR) is 128 cm³/mol. The van der Waals surface area contributed by atoms with Gasteiger partial charge in [0.05, 0.1) is 15.9 Å². The van der Waals surface area contributed by atoms with Gasteiger partial charge in [0.25, 0.3) is 0 Å². The number of halogens is 1. The molecule has 1 amide bonds. The third-order valence-corrected chi connectivity index (χ3v) is 8.32. The highest BCUT2D eigenvalue weighted by Gasteiger charge is 2.35. The first kappa shape index (κ1) is 21.6. The molecule has 1 atom stereocenters. The Bertz CT molecular complexity index is 1090. The van der Waals surface area contributed by atoms with E-state index in [-0.39, 0.29) is 29.7 Å². The topological polar surface area (TPSA) is 46.9 Å². The third-order valence-electron chi connectivity index (χ3n) is 7.31. The monoisotopic (exact) mass is 453 g/mol. The van der Waals surface area contributed by atoms with Gasteiger partial charge in [-0.15, -0.1) is 11.3 Å². The maximum atomic E-state index is 14.4. The molecule has 6 heteroatoms. The zero-order chi connectivity index (χ0) is 22.1. The number of hydrogen-bond donors (Lipinski definition) is 1. The van der Waals surface area contributed by atoms with Crippen LogP contribution in [-0.4, -0.2) is 21.5 Å². The van der Waals surface area contributed by atoms with Gasteiger partial charge in [0.15, 0.2) is 5.82 Å². The highest BCUT2D eigenvalue weighted by atomic mass is 32.1. The first-order chi connectivity index (χ1) is 15.6. The molecule has 2 heterocycles. The lowest BCUT2D eigenvalue weighted by Gasteiger charge is -2.33.